The van der Waals surface area contributed by atoms with Crippen molar-refractivity contribution in [1.29, 1.82) is 0 Å². The van der Waals surface area contributed by atoms with Crippen molar-refractivity contribution < 1.29 is 9.90 Å². The van der Waals surface area contributed by atoms with Gasteiger partial charge in [-0.2, -0.15) is 0 Å². The molecule has 2 N–H and O–H groups in total. The largest absolute Gasteiger partial charge is 0.478 e. The maximum Gasteiger partial charge on any atom is 0.331 e. The maximum absolute atomic E-state index is 11.0. The van der Waals surface area contributed by atoms with E-state index in [9.17, 15) is 4.79 Å². The molecule has 0 fully saturated rings. The van der Waals surface area contributed by atoms with E-state index >= 15 is 0 Å². The van der Waals surface area contributed by atoms with Gasteiger partial charge < -0.3 is 10.1 Å². The molecule has 2 aromatic carbocycles. The fourth-order valence-electron chi connectivity index (χ4n) is 3.03. The molecule has 3 aromatic rings. The Morgan fingerprint density at radius 2 is 1.79 bits per heavy atom. The third-order valence-corrected chi connectivity index (χ3v) is 4.52. The average molecular weight is 319 g/mol. The van der Waals surface area contributed by atoms with Gasteiger partial charge in [0.15, 0.2) is 0 Å². The Morgan fingerprint density at radius 1 is 1.04 bits per heavy atom. The molecule has 0 radical (unpaired) electrons. The van der Waals surface area contributed by atoms with E-state index in [1.54, 1.807) is 13.0 Å². The van der Waals surface area contributed by atoms with Crippen LogP contribution in [0.25, 0.3) is 28.1 Å². The lowest BCUT2D eigenvalue weighted by Gasteiger charge is -2.11. The molecule has 122 valence electrons. The number of aryl methyl sites for hydroxylation is 3. The van der Waals surface area contributed by atoms with Crippen LogP contribution in [-0.4, -0.2) is 16.1 Å². The molecule has 0 bridgehead atoms. The van der Waals surface area contributed by atoms with Gasteiger partial charge in [-0.15, -0.1) is 0 Å². The van der Waals surface area contributed by atoms with Crippen molar-refractivity contribution in [3.05, 3.63) is 64.4 Å². The summed E-state index contributed by atoms with van der Waals surface area (Å²) < 4.78 is 0. The normalized spacial score (nSPS) is 11.9. The molecule has 0 amide bonds. The predicted octanol–water partition coefficient (Wildman–Crippen LogP) is 5.25. The lowest BCUT2D eigenvalue weighted by Crippen LogP contribution is -1.97. The van der Waals surface area contributed by atoms with Crippen LogP contribution in [0.3, 0.4) is 0 Å². The Balaban J connectivity index is 2.11. The summed E-state index contributed by atoms with van der Waals surface area (Å²) in [7, 11) is 0. The molecule has 0 saturated carbocycles. The smallest absolute Gasteiger partial charge is 0.331 e. The lowest BCUT2D eigenvalue weighted by atomic mass is 9.93. The van der Waals surface area contributed by atoms with Crippen LogP contribution in [-0.2, 0) is 4.79 Å². The van der Waals surface area contributed by atoms with Crippen LogP contribution in [0.1, 0.15) is 29.2 Å². The van der Waals surface area contributed by atoms with Crippen molar-refractivity contribution in [2.24, 2.45) is 0 Å². The number of carboxylic acid groups (broad SMARTS) is 1. The van der Waals surface area contributed by atoms with Gasteiger partial charge in [-0.1, -0.05) is 18.2 Å². The van der Waals surface area contributed by atoms with Crippen molar-refractivity contribution in [2.75, 3.05) is 0 Å². The highest BCUT2D eigenvalue weighted by molar-refractivity contribution is 5.92. The van der Waals surface area contributed by atoms with Gasteiger partial charge in [-0.05, 0) is 79.3 Å². The van der Waals surface area contributed by atoms with E-state index in [2.05, 4.69) is 49.2 Å². The zero-order chi connectivity index (χ0) is 17.4. The lowest BCUT2D eigenvalue weighted by molar-refractivity contribution is -0.132. The van der Waals surface area contributed by atoms with Crippen LogP contribution in [0.2, 0.25) is 0 Å². The summed E-state index contributed by atoms with van der Waals surface area (Å²) in [6.45, 7) is 7.80. The Labute approximate surface area is 141 Å². The third kappa shape index (κ3) is 2.85. The number of aliphatic carboxylic acids is 1. The predicted molar refractivity (Wildman–Crippen MR) is 99.2 cm³/mol. The monoisotopic (exact) mass is 319 g/mol. The number of aromatic nitrogens is 1. The number of carboxylic acids is 1. The molecule has 0 spiro atoms. The molecule has 0 aliphatic rings. The Bertz CT molecular complexity index is 977. The fourth-order valence-corrected chi connectivity index (χ4v) is 3.03. The van der Waals surface area contributed by atoms with Gasteiger partial charge in [0, 0.05) is 22.7 Å². The second kappa shape index (κ2) is 6.00. The van der Waals surface area contributed by atoms with Gasteiger partial charge in [0.2, 0.25) is 0 Å². The molecule has 3 heteroatoms. The molecule has 3 rings (SSSR count). The van der Waals surface area contributed by atoms with Crippen molar-refractivity contribution in [3.63, 3.8) is 0 Å². The SMILES string of the molecule is C/C(=C\c1cc(C)c(-c2ccc3[nH]cc(C)c3c2)cc1C)C(=O)O. The van der Waals surface area contributed by atoms with Crippen LogP contribution < -0.4 is 0 Å². The van der Waals surface area contributed by atoms with Crippen molar-refractivity contribution in [3.8, 4) is 11.1 Å². The topological polar surface area (TPSA) is 53.1 Å². The molecule has 24 heavy (non-hydrogen) atoms. The summed E-state index contributed by atoms with van der Waals surface area (Å²) in [5, 5.41) is 10.3. The van der Waals surface area contributed by atoms with E-state index in [0.29, 0.717) is 5.57 Å². The zero-order valence-electron chi connectivity index (χ0n) is 14.4. The molecule has 0 saturated heterocycles. The maximum atomic E-state index is 11.0. The number of H-pyrrole nitrogens is 1. The first kappa shape index (κ1) is 16.1. The van der Waals surface area contributed by atoms with Gasteiger partial charge in [0.1, 0.15) is 0 Å². The summed E-state index contributed by atoms with van der Waals surface area (Å²) >= 11 is 0. The van der Waals surface area contributed by atoms with Gasteiger partial charge in [0.25, 0.3) is 0 Å². The highest BCUT2D eigenvalue weighted by atomic mass is 16.4. The molecule has 0 atom stereocenters. The first-order valence-corrected chi connectivity index (χ1v) is 7.98. The highest BCUT2D eigenvalue weighted by Gasteiger charge is 2.09. The number of aromatic amines is 1. The Morgan fingerprint density at radius 3 is 2.50 bits per heavy atom. The fraction of sp³-hybridized carbons (Fsp3) is 0.190. The van der Waals surface area contributed by atoms with E-state index in [1.165, 1.54) is 22.1 Å². The molecular formula is C21H21NO2. The number of nitrogens with one attached hydrogen (secondary N) is 1. The van der Waals surface area contributed by atoms with Crippen LogP contribution in [0, 0.1) is 20.8 Å². The summed E-state index contributed by atoms with van der Waals surface area (Å²) in [4.78, 5) is 14.3. The Kier molecular flexibility index (Phi) is 4.02. The summed E-state index contributed by atoms with van der Waals surface area (Å²) in [5.74, 6) is -0.885. The summed E-state index contributed by atoms with van der Waals surface area (Å²) in [5.41, 5.74) is 8.24. The van der Waals surface area contributed by atoms with E-state index in [0.717, 1.165) is 22.2 Å². The average Bonchev–Trinajstić information content (AvgIpc) is 2.91. The van der Waals surface area contributed by atoms with Crippen molar-refractivity contribution >= 4 is 22.9 Å². The van der Waals surface area contributed by atoms with Crippen LogP contribution >= 0.6 is 0 Å². The quantitative estimate of drug-likeness (QED) is 0.648. The van der Waals surface area contributed by atoms with Crippen molar-refractivity contribution in [2.45, 2.75) is 27.7 Å². The number of rotatable bonds is 3. The standard InChI is InChI=1S/C21H21NO2/c1-12-9-18(13(2)7-17(12)8-14(3)21(23)24)16-5-6-20-19(10-16)15(4)11-22-20/h5-11,22H,1-4H3,(H,23,24)/b14-8+. The van der Waals surface area contributed by atoms with E-state index in [1.807, 2.05) is 13.1 Å². The van der Waals surface area contributed by atoms with E-state index in [4.69, 9.17) is 5.11 Å². The molecule has 0 unspecified atom stereocenters. The molecule has 0 aliphatic carbocycles. The molecule has 1 aromatic heterocycles. The minimum atomic E-state index is -0.885. The number of hydrogen-bond donors (Lipinski definition) is 2. The van der Waals surface area contributed by atoms with Crippen LogP contribution in [0.4, 0.5) is 0 Å². The minimum absolute atomic E-state index is 0.342. The highest BCUT2D eigenvalue weighted by Crippen LogP contribution is 2.30. The molecular weight excluding hydrogens is 298 g/mol. The van der Waals surface area contributed by atoms with Gasteiger partial charge in [-0.25, -0.2) is 4.79 Å². The van der Waals surface area contributed by atoms with E-state index in [-0.39, 0.29) is 0 Å². The second-order valence-electron chi connectivity index (χ2n) is 6.39. The van der Waals surface area contributed by atoms with Gasteiger partial charge in [0.05, 0.1) is 0 Å². The Hall–Kier alpha value is -2.81. The zero-order valence-corrected chi connectivity index (χ0v) is 14.4. The summed E-state index contributed by atoms with van der Waals surface area (Å²) in [6, 6.07) is 10.6. The van der Waals surface area contributed by atoms with Gasteiger partial charge >= 0.3 is 5.97 Å². The number of benzene rings is 2. The molecule has 0 aliphatic heterocycles. The number of fused-ring (bicyclic) bond motifs is 1. The molecule has 1 heterocycles. The van der Waals surface area contributed by atoms with Crippen LogP contribution in [0.5, 0.6) is 0 Å². The molecule has 3 nitrogen and oxygen atoms in total. The first-order chi connectivity index (χ1) is 11.4. The summed E-state index contributed by atoms with van der Waals surface area (Å²) in [6.07, 6.45) is 3.75. The second-order valence-corrected chi connectivity index (χ2v) is 6.39. The minimum Gasteiger partial charge on any atom is -0.478 e. The van der Waals surface area contributed by atoms with E-state index < -0.39 is 5.97 Å². The van der Waals surface area contributed by atoms with Crippen LogP contribution in [0.15, 0.2) is 42.1 Å². The third-order valence-electron chi connectivity index (χ3n) is 4.52. The number of carbonyl (C=O) groups is 1. The van der Waals surface area contributed by atoms with Crippen molar-refractivity contribution in [1.82, 2.24) is 4.98 Å². The number of hydrogen-bond acceptors (Lipinski definition) is 1. The first-order valence-electron chi connectivity index (χ1n) is 7.98. The van der Waals surface area contributed by atoms with Gasteiger partial charge in [-0.3, -0.25) is 0 Å².